The van der Waals surface area contributed by atoms with Crippen molar-refractivity contribution in [3.63, 3.8) is 0 Å². The van der Waals surface area contributed by atoms with Crippen molar-refractivity contribution >= 4 is 31.6 Å². The Morgan fingerprint density at radius 3 is 1.95 bits per heavy atom. The van der Waals surface area contributed by atoms with Gasteiger partial charge in [0.05, 0.1) is 4.90 Å². The molecule has 0 unspecified atom stereocenters. The molecule has 2 aromatic rings. The molecule has 0 atom stereocenters. The molecule has 0 radical (unpaired) electrons. The summed E-state index contributed by atoms with van der Waals surface area (Å²) in [6.45, 7) is 7.73. The molecule has 21 heavy (non-hydrogen) atoms. The zero-order valence-corrected chi connectivity index (χ0v) is 14.9. The molecule has 3 nitrogen and oxygen atoms in total. The smallest absolute Gasteiger partial charge is 0.261 e. The SMILES string of the molecule is Cc1ccc(S(=O)(=O)Nc2cc(C)c(Br)c(C)c2)cc1C. The Kier molecular flexibility index (Phi) is 4.44. The predicted molar refractivity (Wildman–Crippen MR) is 90.3 cm³/mol. The van der Waals surface area contributed by atoms with Gasteiger partial charge in [-0.25, -0.2) is 8.42 Å². The predicted octanol–water partition coefficient (Wildman–Crippen LogP) is 4.48. The van der Waals surface area contributed by atoms with Crippen molar-refractivity contribution in [3.05, 3.63) is 57.1 Å². The van der Waals surface area contributed by atoms with E-state index in [4.69, 9.17) is 0 Å². The van der Waals surface area contributed by atoms with Gasteiger partial charge in [0.25, 0.3) is 10.0 Å². The second-order valence-corrected chi connectivity index (χ2v) is 7.75. The van der Waals surface area contributed by atoms with Crippen LogP contribution in [-0.4, -0.2) is 8.42 Å². The molecule has 0 saturated heterocycles. The van der Waals surface area contributed by atoms with Gasteiger partial charge >= 0.3 is 0 Å². The van der Waals surface area contributed by atoms with Crippen molar-refractivity contribution in [2.75, 3.05) is 4.72 Å². The molecule has 0 aliphatic heterocycles. The quantitative estimate of drug-likeness (QED) is 0.868. The Morgan fingerprint density at radius 2 is 1.43 bits per heavy atom. The van der Waals surface area contributed by atoms with Crippen LogP contribution in [0.3, 0.4) is 0 Å². The van der Waals surface area contributed by atoms with Gasteiger partial charge in [-0.2, -0.15) is 0 Å². The number of rotatable bonds is 3. The molecule has 112 valence electrons. The zero-order chi connectivity index (χ0) is 15.8. The summed E-state index contributed by atoms with van der Waals surface area (Å²) in [4.78, 5) is 0.281. The fraction of sp³-hybridized carbons (Fsp3) is 0.250. The number of nitrogens with one attached hydrogen (secondary N) is 1. The average molecular weight is 368 g/mol. The molecule has 0 bridgehead atoms. The summed E-state index contributed by atoms with van der Waals surface area (Å²) < 4.78 is 28.5. The molecule has 1 N–H and O–H groups in total. The summed E-state index contributed by atoms with van der Waals surface area (Å²) in [5.41, 5.74) is 4.59. The monoisotopic (exact) mass is 367 g/mol. The lowest BCUT2D eigenvalue weighted by molar-refractivity contribution is 0.601. The first-order valence-corrected chi connectivity index (χ1v) is 8.85. The van der Waals surface area contributed by atoms with E-state index in [0.29, 0.717) is 5.69 Å². The van der Waals surface area contributed by atoms with E-state index in [2.05, 4.69) is 20.7 Å². The second kappa shape index (κ2) is 5.81. The summed E-state index contributed by atoms with van der Waals surface area (Å²) in [6, 6.07) is 8.77. The Hall–Kier alpha value is -1.33. The number of halogens is 1. The maximum absolute atomic E-state index is 12.4. The largest absolute Gasteiger partial charge is 0.280 e. The van der Waals surface area contributed by atoms with Crippen LogP contribution in [0, 0.1) is 27.7 Å². The summed E-state index contributed by atoms with van der Waals surface area (Å²) in [6.07, 6.45) is 0. The van der Waals surface area contributed by atoms with Crippen molar-refractivity contribution in [1.82, 2.24) is 0 Å². The molecule has 2 aromatic carbocycles. The lowest BCUT2D eigenvalue weighted by Gasteiger charge is -2.12. The van der Waals surface area contributed by atoms with Crippen LogP contribution in [0.15, 0.2) is 39.7 Å². The van der Waals surface area contributed by atoms with Gasteiger partial charge in [-0.15, -0.1) is 0 Å². The van der Waals surface area contributed by atoms with E-state index < -0.39 is 10.0 Å². The minimum absolute atomic E-state index is 0.281. The minimum atomic E-state index is -3.56. The molecule has 0 spiro atoms. The van der Waals surface area contributed by atoms with Gasteiger partial charge in [-0.1, -0.05) is 22.0 Å². The molecule has 0 aromatic heterocycles. The maximum Gasteiger partial charge on any atom is 0.261 e. The maximum atomic E-state index is 12.4. The van der Waals surface area contributed by atoms with Crippen LogP contribution in [0.1, 0.15) is 22.3 Å². The molecular formula is C16H18BrNO2S. The van der Waals surface area contributed by atoms with Gasteiger partial charge in [0.15, 0.2) is 0 Å². The van der Waals surface area contributed by atoms with E-state index in [1.807, 2.05) is 45.9 Å². The van der Waals surface area contributed by atoms with Gasteiger partial charge in [0, 0.05) is 10.2 Å². The van der Waals surface area contributed by atoms with Crippen LogP contribution in [-0.2, 0) is 10.0 Å². The lowest BCUT2D eigenvalue weighted by atomic mass is 10.1. The van der Waals surface area contributed by atoms with Crippen molar-refractivity contribution in [2.24, 2.45) is 0 Å². The van der Waals surface area contributed by atoms with Gasteiger partial charge in [-0.3, -0.25) is 4.72 Å². The van der Waals surface area contributed by atoms with Crippen LogP contribution < -0.4 is 4.72 Å². The highest BCUT2D eigenvalue weighted by molar-refractivity contribution is 9.10. The Balaban J connectivity index is 2.39. The summed E-state index contributed by atoms with van der Waals surface area (Å²) in [5, 5.41) is 0. The fourth-order valence-corrected chi connectivity index (χ4v) is 3.45. The van der Waals surface area contributed by atoms with Crippen LogP contribution in [0.25, 0.3) is 0 Å². The highest BCUT2D eigenvalue weighted by Crippen LogP contribution is 2.26. The first kappa shape index (κ1) is 16.0. The van der Waals surface area contributed by atoms with Crippen molar-refractivity contribution in [3.8, 4) is 0 Å². The van der Waals surface area contributed by atoms with Gasteiger partial charge in [0.2, 0.25) is 0 Å². The molecule has 0 aliphatic carbocycles. The molecule has 5 heteroatoms. The minimum Gasteiger partial charge on any atom is -0.280 e. The Labute approximate surface area is 134 Å². The molecule has 0 heterocycles. The van der Waals surface area contributed by atoms with Crippen LogP contribution in [0.4, 0.5) is 5.69 Å². The second-order valence-electron chi connectivity index (χ2n) is 5.28. The number of anilines is 1. The molecule has 2 rings (SSSR count). The van der Waals surface area contributed by atoms with Crippen LogP contribution in [0.2, 0.25) is 0 Å². The summed E-state index contributed by atoms with van der Waals surface area (Å²) in [5.74, 6) is 0. The van der Waals surface area contributed by atoms with Crippen LogP contribution >= 0.6 is 15.9 Å². The van der Waals surface area contributed by atoms with E-state index in [9.17, 15) is 8.42 Å². The third kappa shape index (κ3) is 3.47. The van der Waals surface area contributed by atoms with Gasteiger partial charge in [-0.05, 0) is 74.2 Å². The molecule has 0 amide bonds. The number of aryl methyl sites for hydroxylation is 4. The van der Waals surface area contributed by atoms with Gasteiger partial charge in [0.1, 0.15) is 0 Å². The van der Waals surface area contributed by atoms with E-state index in [1.54, 1.807) is 12.1 Å². The third-order valence-electron chi connectivity index (χ3n) is 3.48. The topological polar surface area (TPSA) is 46.2 Å². The first-order chi connectivity index (χ1) is 9.70. The summed E-state index contributed by atoms with van der Waals surface area (Å²) >= 11 is 3.48. The Bertz CT molecular complexity index is 775. The number of benzene rings is 2. The Morgan fingerprint density at radius 1 is 0.857 bits per heavy atom. The van der Waals surface area contributed by atoms with Crippen molar-refractivity contribution in [1.29, 1.82) is 0 Å². The number of sulfonamides is 1. The zero-order valence-electron chi connectivity index (χ0n) is 12.5. The average Bonchev–Trinajstić information content (AvgIpc) is 2.38. The van der Waals surface area contributed by atoms with E-state index in [-0.39, 0.29) is 4.90 Å². The van der Waals surface area contributed by atoms with E-state index in [1.165, 1.54) is 0 Å². The summed E-state index contributed by atoms with van der Waals surface area (Å²) in [7, 11) is -3.56. The molecule has 0 saturated carbocycles. The molecule has 0 aliphatic rings. The third-order valence-corrected chi connectivity index (χ3v) is 6.11. The van der Waals surface area contributed by atoms with Crippen molar-refractivity contribution in [2.45, 2.75) is 32.6 Å². The normalized spacial score (nSPS) is 11.5. The van der Waals surface area contributed by atoms with E-state index >= 15 is 0 Å². The molecule has 0 fully saturated rings. The van der Waals surface area contributed by atoms with E-state index in [0.717, 1.165) is 26.7 Å². The highest BCUT2D eigenvalue weighted by atomic mass is 79.9. The number of hydrogen-bond donors (Lipinski definition) is 1. The lowest BCUT2D eigenvalue weighted by Crippen LogP contribution is -2.13. The fourth-order valence-electron chi connectivity index (χ4n) is 2.10. The van der Waals surface area contributed by atoms with Crippen LogP contribution in [0.5, 0.6) is 0 Å². The molecular weight excluding hydrogens is 350 g/mol. The number of hydrogen-bond acceptors (Lipinski definition) is 2. The highest BCUT2D eigenvalue weighted by Gasteiger charge is 2.15. The first-order valence-electron chi connectivity index (χ1n) is 6.57. The van der Waals surface area contributed by atoms with Crippen molar-refractivity contribution < 1.29 is 8.42 Å². The standard InChI is InChI=1S/C16H18BrNO2S/c1-10-5-6-15(9-11(10)2)21(19,20)18-14-7-12(3)16(17)13(4)8-14/h5-9,18H,1-4H3. The van der Waals surface area contributed by atoms with Gasteiger partial charge < -0.3 is 0 Å².